The van der Waals surface area contributed by atoms with E-state index in [0.717, 1.165) is 10.5 Å². The lowest BCUT2D eigenvalue weighted by molar-refractivity contribution is -0.140. The van der Waals surface area contributed by atoms with Crippen LogP contribution in [0.15, 0.2) is 65.1 Å². The molecule has 0 saturated carbocycles. The lowest BCUT2D eigenvalue weighted by Crippen LogP contribution is -2.45. The molecule has 0 aliphatic rings. The van der Waals surface area contributed by atoms with Gasteiger partial charge in [0, 0.05) is 21.7 Å². The zero-order chi connectivity index (χ0) is 17.7. The Morgan fingerprint density at radius 3 is 2.12 bits per heavy atom. The van der Waals surface area contributed by atoms with Gasteiger partial charge in [-0.05, 0) is 24.3 Å². The molecule has 0 aliphatic carbocycles. The van der Waals surface area contributed by atoms with Crippen molar-refractivity contribution in [2.24, 2.45) is 5.84 Å². The Bertz CT molecular complexity index is 801. The van der Waals surface area contributed by atoms with E-state index in [1.165, 1.54) is 12.1 Å². The van der Waals surface area contributed by atoms with Crippen molar-refractivity contribution < 1.29 is 19.5 Å². The quantitative estimate of drug-likeness (QED) is 0.209. The summed E-state index contributed by atoms with van der Waals surface area (Å²) in [7, 11) is 0. The molecule has 122 valence electrons. The number of hydrogen-bond donors (Lipinski definition) is 2. The van der Waals surface area contributed by atoms with Gasteiger partial charge in [0.1, 0.15) is 5.76 Å². The van der Waals surface area contributed by atoms with Crippen LogP contribution in [0.1, 0.15) is 15.9 Å². The van der Waals surface area contributed by atoms with Crippen LogP contribution < -0.4 is 5.84 Å². The highest BCUT2D eigenvalue weighted by atomic mass is 79.9. The van der Waals surface area contributed by atoms with E-state index in [9.17, 15) is 19.5 Å². The summed E-state index contributed by atoms with van der Waals surface area (Å²) in [5.74, 6) is 1.86. The van der Waals surface area contributed by atoms with E-state index in [-0.39, 0.29) is 10.6 Å². The van der Waals surface area contributed by atoms with Crippen LogP contribution in [-0.4, -0.2) is 27.7 Å². The van der Waals surface area contributed by atoms with Gasteiger partial charge < -0.3 is 5.11 Å². The molecule has 0 aromatic heterocycles. The normalized spacial score (nSPS) is 11.0. The molecule has 3 N–H and O–H groups in total. The number of carbonyl (C=O) groups excluding carboxylic acids is 3. The highest BCUT2D eigenvalue weighted by molar-refractivity contribution is 9.10. The summed E-state index contributed by atoms with van der Waals surface area (Å²) in [6, 6.07) is 14.3. The Hall–Kier alpha value is -2.77. The number of hydrogen-bond acceptors (Lipinski definition) is 5. The summed E-state index contributed by atoms with van der Waals surface area (Å²) in [6.45, 7) is 0. The number of aliphatic hydroxyl groups excluding tert-OH is 1. The zero-order valence-corrected chi connectivity index (χ0v) is 13.9. The smallest absolute Gasteiger partial charge is 0.315 e. The summed E-state index contributed by atoms with van der Waals surface area (Å²) in [6.07, 6.45) is 0.726. The molecule has 0 spiro atoms. The fraction of sp³-hybridized carbons (Fsp3) is 0. The van der Waals surface area contributed by atoms with Crippen LogP contribution in [0, 0.1) is 0 Å². The first-order valence-electron chi connectivity index (χ1n) is 6.79. The van der Waals surface area contributed by atoms with Gasteiger partial charge in [0.25, 0.3) is 5.91 Å². The number of aliphatic hydroxyl groups is 1. The largest absolute Gasteiger partial charge is 0.507 e. The van der Waals surface area contributed by atoms with E-state index in [2.05, 4.69) is 15.9 Å². The number of benzene rings is 2. The van der Waals surface area contributed by atoms with Crippen molar-refractivity contribution in [3.8, 4) is 0 Å². The van der Waals surface area contributed by atoms with E-state index in [1.54, 1.807) is 42.5 Å². The maximum absolute atomic E-state index is 12.0. The maximum atomic E-state index is 12.0. The average Bonchev–Trinajstić information content (AvgIpc) is 2.61. The highest BCUT2D eigenvalue weighted by Gasteiger charge is 2.24. The van der Waals surface area contributed by atoms with Crippen LogP contribution >= 0.6 is 15.9 Å². The van der Waals surface area contributed by atoms with E-state index < -0.39 is 23.4 Å². The lowest BCUT2D eigenvalue weighted by atomic mass is 10.1. The van der Waals surface area contributed by atoms with Gasteiger partial charge in [0.05, 0.1) is 0 Å². The molecule has 0 saturated heterocycles. The number of amides is 2. The predicted octanol–water partition coefficient (Wildman–Crippen LogP) is 2.46. The fourth-order valence-corrected chi connectivity index (χ4v) is 2.08. The Labute approximate surface area is 146 Å². The van der Waals surface area contributed by atoms with E-state index in [0.29, 0.717) is 5.56 Å². The van der Waals surface area contributed by atoms with Gasteiger partial charge in [0.2, 0.25) is 5.78 Å². The van der Waals surface area contributed by atoms with Crippen molar-refractivity contribution >= 4 is 39.3 Å². The minimum Gasteiger partial charge on any atom is -0.507 e. The minimum absolute atomic E-state index is 0.169. The average molecular weight is 389 g/mol. The van der Waals surface area contributed by atoms with Gasteiger partial charge in [-0.15, -0.1) is 0 Å². The molecule has 0 fully saturated rings. The molecule has 0 bridgehead atoms. The van der Waals surface area contributed by atoms with Crippen LogP contribution in [0.2, 0.25) is 0 Å². The van der Waals surface area contributed by atoms with Crippen LogP contribution in [0.5, 0.6) is 0 Å². The minimum atomic E-state index is -1.24. The fourth-order valence-electron chi connectivity index (χ4n) is 1.82. The Morgan fingerprint density at radius 1 is 0.958 bits per heavy atom. The van der Waals surface area contributed by atoms with Gasteiger partial charge in [-0.2, -0.15) is 0 Å². The molecule has 0 aliphatic heterocycles. The number of hydrazine groups is 1. The zero-order valence-electron chi connectivity index (χ0n) is 12.3. The van der Waals surface area contributed by atoms with Gasteiger partial charge in [-0.1, -0.05) is 46.3 Å². The first-order valence-corrected chi connectivity index (χ1v) is 7.58. The van der Waals surface area contributed by atoms with Crippen LogP contribution in [0.4, 0.5) is 0 Å². The number of rotatable bonds is 4. The molecule has 2 aromatic rings. The second-order valence-corrected chi connectivity index (χ2v) is 5.66. The molecule has 2 aromatic carbocycles. The first-order chi connectivity index (χ1) is 11.4. The van der Waals surface area contributed by atoms with Crippen molar-refractivity contribution in [2.45, 2.75) is 0 Å². The van der Waals surface area contributed by atoms with E-state index in [1.807, 2.05) is 0 Å². The van der Waals surface area contributed by atoms with Crippen LogP contribution in [0.3, 0.4) is 0 Å². The molecular weight excluding hydrogens is 376 g/mol. The predicted molar refractivity (Wildman–Crippen MR) is 91.6 cm³/mol. The summed E-state index contributed by atoms with van der Waals surface area (Å²) < 4.78 is 0.794. The van der Waals surface area contributed by atoms with Crippen molar-refractivity contribution in [1.82, 2.24) is 5.01 Å². The van der Waals surface area contributed by atoms with E-state index in [4.69, 9.17) is 5.84 Å². The summed E-state index contributed by atoms with van der Waals surface area (Å²) >= 11 is 3.24. The number of carbonyl (C=O) groups is 3. The molecule has 0 heterocycles. The Balaban J connectivity index is 2.14. The molecule has 24 heavy (non-hydrogen) atoms. The molecule has 0 unspecified atom stereocenters. The monoisotopic (exact) mass is 388 g/mol. The third-order valence-corrected chi connectivity index (χ3v) is 3.61. The topological polar surface area (TPSA) is 101 Å². The van der Waals surface area contributed by atoms with Crippen molar-refractivity contribution in [3.05, 3.63) is 76.3 Å². The second-order valence-electron chi connectivity index (χ2n) is 4.75. The first kappa shape index (κ1) is 17.6. The van der Waals surface area contributed by atoms with Gasteiger partial charge >= 0.3 is 5.91 Å². The second kappa shape index (κ2) is 7.67. The Morgan fingerprint density at radius 2 is 1.54 bits per heavy atom. The van der Waals surface area contributed by atoms with Crippen molar-refractivity contribution in [3.63, 3.8) is 0 Å². The lowest BCUT2D eigenvalue weighted by Gasteiger charge is -2.12. The summed E-state index contributed by atoms with van der Waals surface area (Å²) in [5.41, 5.74) is 0.513. The van der Waals surface area contributed by atoms with Crippen molar-refractivity contribution in [1.29, 1.82) is 0 Å². The summed E-state index contributed by atoms with van der Waals surface area (Å²) in [4.78, 5) is 35.9. The van der Waals surface area contributed by atoms with Gasteiger partial charge in [-0.25, -0.2) is 10.9 Å². The molecule has 2 amide bonds. The molecule has 7 heteroatoms. The van der Waals surface area contributed by atoms with Crippen LogP contribution in [0.25, 0.3) is 5.76 Å². The maximum Gasteiger partial charge on any atom is 0.315 e. The number of halogens is 1. The molecule has 6 nitrogen and oxygen atoms in total. The third kappa shape index (κ3) is 4.15. The molecule has 0 radical (unpaired) electrons. The Kier molecular flexibility index (Phi) is 5.62. The standard InChI is InChI=1S/C17H13BrN2O4/c18-13-8-6-11(7-9-13)14(21)10-15(22)17(24)20(19)16(23)12-4-2-1-3-5-12/h1-10,21H,19H2/b14-10-. The third-order valence-electron chi connectivity index (χ3n) is 3.08. The summed E-state index contributed by atoms with van der Waals surface area (Å²) in [5, 5.41) is 10.1. The van der Waals surface area contributed by atoms with Gasteiger partial charge in [0.15, 0.2) is 0 Å². The molecular formula is C17H13BrN2O4. The molecule has 2 rings (SSSR count). The van der Waals surface area contributed by atoms with Crippen LogP contribution in [-0.2, 0) is 9.59 Å². The number of nitrogens with zero attached hydrogens (tertiary/aromatic N) is 1. The number of imide groups is 1. The van der Waals surface area contributed by atoms with E-state index >= 15 is 0 Å². The number of nitrogens with two attached hydrogens (primary N) is 1. The highest BCUT2D eigenvalue weighted by Crippen LogP contribution is 2.16. The van der Waals surface area contributed by atoms with Gasteiger partial charge in [-0.3, -0.25) is 14.4 Å². The SMILES string of the molecule is NN(C(=O)C(=O)/C=C(\O)c1ccc(Br)cc1)C(=O)c1ccccc1. The number of ketones is 1. The molecule has 0 atom stereocenters. The van der Waals surface area contributed by atoms with Crippen molar-refractivity contribution in [2.75, 3.05) is 0 Å².